The molecule has 0 saturated heterocycles. The first-order chi connectivity index (χ1) is 14.1. The summed E-state index contributed by atoms with van der Waals surface area (Å²) in [6.07, 6.45) is 2.88. The van der Waals surface area contributed by atoms with Crippen molar-refractivity contribution in [3.8, 4) is 23.3 Å². The van der Waals surface area contributed by atoms with E-state index in [4.69, 9.17) is 4.74 Å². The highest BCUT2D eigenvalue weighted by molar-refractivity contribution is 5.94. The molecule has 30 heavy (non-hydrogen) atoms. The highest BCUT2D eigenvalue weighted by atomic mass is 16.5. The smallest absolute Gasteiger partial charge is 0.273 e. The number of rotatable bonds is 5. The minimum Gasteiger partial charge on any atom is -0.505 e. The van der Waals surface area contributed by atoms with E-state index < -0.39 is 5.91 Å². The van der Waals surface area contributed by atoms with E-state index in [2.05, 4.69) is 27.1 Å². The van der Waals surface area contributed by atoms with Gasteiger partial charge in [-0.05, 0) is 45.9 Å². The van der Waals surface area contributed by atoms with Crippen LogP contribution in [0, 0.1) is 11.8 Å². The fraction of sp³-hybridized carbons (Fsp3) is 0.364. The second-order valence-corrected chi connectivity index (χ2v) is 7.46. The first-order valence-electron chi connectivity index (χ1n) is 9.46. The number of carbonyl (C=O) groups excluding carboxylic acids is 2. The van der Waals surface area contributed by atoms with Gasteiger partial charge in [0.2, 0.25) is 0 Å². The number of hydrogen-bond acceptors (Lipinski definition) is 6. The maximum absolute atomic E-state index is 12.4. The fourth-order valence-corrected chi connectivity index (χ4v) is 2.27. The Balaban J connectivity index is 1.95. The predicted octanol–water partition coefficient (Wildman–Crippen LogP) is 2.23. The number of hydrogen-bond donors (Lipinski definition) is 2. The van der Waals surface area contributed by atoms with Crippen LogP contribution in [0.5, 0.6) is 11.5 Å². The zero-order chi connectivity index (χ0) is 22.3. The fourth-order valence-electron chi connectivity index (χ4n) is 2.27. The molecule has 0 saturated carbocycles. The van der Waals surface area contributed by atoms with Gasteiger partial charge in [-0.3, -0.25) is 9.59 Å². The molecule has 8 nitrogen and oxygen atoms in total. The Bertz CT molecular complexity index is 969. The molecule has 0 fully saturated rings. The zero-order valence-corrected chi connectivity index (χ0v) is 17.8. The normalized spacial score (nSPS) is 10.6. The first kappa shape index (κ1) is 22.7. The van der Waals surface area contributed by atoms with E-state index in [-0.39, 0.29) is 29.5 Å². The van der Waals surface area contributed by atoms with E-state index in [1.165, 1.54) is 18.5 Å². The van der Waals surface area contributed by atoms with E-state index in [9.17, 15) is 14.7 Å². The lowest BCUT2D eigenvalue weighted by atomic mass is 10.1. The van der Waals surface area contributed by atoms with Crippen LogP contribution in [0.1, 0.15) is 54.2 Å². The van der Waals surface area contributed by atoms with E-state index in [0.717, 1.165) is 0 Å². The van der Waals surface area contributed by atoms with Crippen LogP contribution >= 0.6 is 0 Å². The highest BCUT2D eigenvalue weighted by Crippen LogP contribution is 2.17. The molecule has 8 heteroatoms. The molecule has 2 N–H and O–H groups in total. The van der Waals surface area contributed by atoms with Crippen LogP contribution in [0.25, 0.3) is 0 Å². The summed E-state index contributed by atoms with van der Waals surface area (Å²) in [4.78, 5) is 33.9. The molecule has 0 bridgehead atoms. The van der Waals surface area contributed by atoms with Gasteiger partial charge in [-0.2, -0.15) is 0 Å². The molecule has 2 aromatic heterocycles. The second-order valence-electron chi connectivity index (χ2n) is 7.46. The van der Waals surface area contributed by atoms with Gasteiger partial charge in [0.1, 0.15) is 23.8 Å². The number of ether oxygens (including phenoxy) is 1. The van der Waals surface area contributed by atoms with Gasteiger partial charge in [-0.1, -0.05) is 11.8 Å². The third-order valence-corrected chi connectivity index (χ3v) is 4.23. The Labute approximate surface area is 176 Å². The third-order valence-electron chi connectivity index (χ3n) is 4.23. The summed E-state index contributed by atoms with van der Waals surface area (Å²) in [6, 6.07) is 4.64. The van der Waals surface area contributed by atoms with Crippen LogP contribution in [0.3, 0.4) is 0 Å². The van der Waals surface area contributed by atoms with Crippen LogP contribution in [0.2, 0.25) is 0 Å². The Morgan fingerprint density at radius 2 is 1.97 bits per heavy atom. The molecule has 2 aromatic rings. The van der Waals surface area contributed by atoms with Crippen LogP contribution in [0.15, 0.2) is 30.6 Å². The molecule has 0 aliphatic rings. The molecule has 2 amide bonds. The SMILES string of the molecule is CCNC(=O)c1ncc(C#CCOc2ccc(C(=O)N(C)C(C)(C)C)nc2)cc1O. The van der Waals surface area contributed by atoms with Crippen LogP contribution in [-0.4, -0.2) is 57.5 Å². The average Bonchev–Trinajstić information content (AvgIpc) is 2.70. The minimum absolute atomic E-state index is 0.0449. The van der Waals surface area contributed by atoms with Gasteiger partial charge < -0.3 is 20.1 Å². The number of aromatic hydroxyl groups is 1. The van der Waals surface area contributed by atoms with Gasteiger partial charge in [-0.15, -0.1) is 0 Å². The number of nitrogens with one attached hydrogen (secondary N) is 1. The second kappa shape index (κ2) is 9.74. The zero-order valence-electron chi connectivity index (χ0n) is 17.8. The maximum Gasteiger partial charge on any atom is 0.273 e. The summed E-state index contributed by atoms with van der Waals surface area (Å²) in [5, 5.41) is 12.5. The van der Waals surface area contributed by atoms with Gasteiger partial charge in [0.05, 0.1) is 6.20 Å². The van der Waals surface area contributed by atoms with Crippen LogP contribution < -0.4 is 10.1 Å². The van der Waals surface area contributed by atoms with Crippen molar-refractivity contribution in [2.24, 2.45) is 0 Å². The van der Waals surface area contributed by atoms with Gasteiger partial charge >= 0.3 is 0 Å². The summed E-state index contributed by atoms with van der Waals surface area (Å²) in [5.41, 5.74) is 0.440. The Kier molecular flexibility index (Phi) is 7.37. The van der Waals surface area contributed by atoms with Crippen LogP contribution in [0.4, 0.5) is 0 Å². The molecule has 0 atom stereocenters. The van der Waals surface area contributed by atoms with E-state index in [1.807, 2.05) is 20.8 Å². The Hall–Kier alpha value is -3.60. The van der Waals surface area contributed by atoms with Crippen molar-refractivity contribution in [2.45, 2.75) is 33.2 Å². The van der Waals surface area contributed by atoms with Crippen LogP contribution in [-0.2, 0) is 0 Å². The monoisotopic (exact) mass is 410 g/mol. The lowest BCUT2D eigenvalue weighted by molar-refractivity contribution is 0.0649. The first-order valence-corrected chi connectivity index (χ1v) is 9.46. The van der Waals surface area contributed by atoms with Gasteiger partial charge in [0.15, 0.2) is 5.69 Å². The standard InChI is InChI=1S/C22H26N4O4/c1-6-23-20(28)19-18(27)12-15(13-25-19)8-7-11-30-16-9-10-17(24-14-16)21(29)26(5)22(2,3)4/h9-10,12-14,27H,6,11H2,1-5H3,(H,23,28). The summed E-state index contributed by atoms with van der Waals surface area (Å²) in [7, 11) is 1.74. The van der Waals surface area contributed by atoms with Crippen molar-refractivity contribution < 1.29 is 19.4 Å². The third kappa shape index (κ3) is 5.95. The van der Waals surface area contributed by atoms with Crippen molar-refractivity contribution in [1.82, 2.24) is 20.2 Å². The van der Waals surface area contributed by atoms with E-state index >= 15 is 0 Å². The van der Waals surface area contributed by atoms with Crippen molar-refractivity contribution >= 4 is 11.8 Å². The molecule has 0 aliphatic carbocycles. The molecule has 0 aliphatic heterocycles. The number of nitrogens with zero attached hydrogens (tertiary/aromatic N) is 3. The molecule has 2 heterocycles. The van der Waals surface area contributed by atoms with Gasteiger partial charge in [0, 0.05) is 30.9 Å². The van der Waals surface area contributed by atoms with Crippen molar-refractivity contribution in [1.29, 1.82) is 0 Å². The predicted molar refractivity (Wildman–Crippen MR) is 112 cm³/mol. The Morgan fingerprint density at radius 3 is 2.53 bits per heavy atom. The number of aromatic nitrogens is 2. The van der Waals surface area contributed by atoms with Crippen molar-refractivity contribution in [2.75, 3.05) is 20.2 Å². The van der Waals surface area contributed by atoms with Gasteiger partial charge in [0.25, 0.3) is 11.8 Å². The number of carbonyl (C=O) groups is 2. The van der Waals surface area contributed by atoms with Crippen molar-refractivity contribution in [3.63, 3.8) is 0 Å². The Morgan fingerprint density at radius 1 is 1.23 bits per heavy atom. The molecule has 2 rings (SSSR count). The number of amides is 2. The molecule has 0 unspecified atom stereocenters. The van der Waals surface area contributed by atoms with E-state index in [0.29, 0.717) is 23.6 Å². The molecule has 0 aromatic carbocycles. The molecular formula is C22H26N4O4. The van der Waals surface area contributed by atoms with Gasteiger partial charge in [-0.25, -0.2) is 9.97 Å². The largest absolute Gasteiger partial charge is 0.505 e. The maximum atomic E-state index is 12.4. The summed E-state index contributed by atoms with van der Waals surface area (Å²) >= 11 is 0. The number of pyridine rings is 2. The van der Waals surface area contributed by atoms with Crippen molar-refractivity contribution in [3.05, 3.63) is 47.5 Å². The highest BCUT2D eigenvalue weighted by Gasteiger charge is 2.24. The summed E-state index contributed by atoms with van der Waals surface area (Å²) < 4.78 is 5.51. The summed E-state index contributed by atoms with van der Waals surface area (Å²) in [5.74, 6) is 5.23. The minimum atomic E-state index is -0.444. The molecule has 0 radical (unpaired) electrons. The summed E-state index contributed by atoms with van der Waals surface area (Å²) in [6.45, 7) is 8.14. The molecule has 0 spiro atoms. The lowest BCUT2D eigenvalue weighted by Crippen LogP contribution is -2.42. The van der Waals surface area contributed by atoms with E-state index in [1.54, 1.807) is 31.0 Å². The quantitative estimate of drug-likeness (QED) is 0.733. The topological polar surface area (TPSA) is 105 Å². The molecular weight excluding hydrogens is 384 g/mol. The molecule has 158 valence electrons. The lowest BCUT2D eigenvalue weighted by Gasteiger charge is -2.31. The average molecular weight is 410 g/mol.